The first-order valence-electron chi connectivity index (χ1n) is 7.03. The summed E-state index contributed by atoms with van der Waals surface area (Å²) in [4.78, 5) is 10.9. The first kappa shape index (κ1) is 12.9. The predicted octanol–water partition coefficient (Wildman–Crippen LogP) is 3.23. The van der Waals surface area contributed by atoms with E-state index in [2.05, 4.69) is 6.92 Å². The number of rotatable bonds is 3. The lowest BCUT2D eigenvalue weighted by molar-refractivity contribution is -0.144. The fourth-order valence-corrected chi connectivity index (χ4v) is 3.22. The van der Waals surface area contributed by atoms with Gasteiger partial charge >= 0.3 is 5.97 Å². The fraction of sp³-hybridized carbons (Fsp3) is 0.929. The average Bonchev–Trinajstić information content (AvgIpc) is 2.29. The number of carboxylic acids is 1. The van der Waals surface area contributed by atoms with Gasteiger partial charge in [0.05, 0.1) is 18.1 Å². The van der Waals surface area contributed by atoms with Gasteiger partial charge in [0, 0.05) is 0 Å². The topological polar surface area (TPSA) is 46.5 Å². The van der Waals surface area contributed by atoms with E-state index in [1.165, 1.54) is 25.7 Å². The number of carboxylic acid groups (broad SMARTS) is 1. The molecular weight excluding hydrogens is 216 g/mol. The summed E-state index contributed by atoms with van der Waals surface area (Å²) in [6.45, 7) is 2.30. The van der Waals surface area contributed by atoms with Crippen molar-refractivity contribution in [2.75, 3.05) is 0 Å². The molecular formula is C14H24O3. The summed E-state index contributed by atoms with van der Waals surface area (Å²) in [6, 6.07) is 0. The third-order valence-electron chi connectivity index (χ3n) is 4.30. The minimum atomic E-state index is -0.630. The molecule has 0 aromatic rings. The molecule has 2 fully saturated rings. The Balaban J connectivity index is 1.72. The van der Waals surface area contributed by atoms with Gasteiger partial charge in [-0.25, -0.2) is 0 Å². The minimum Gasteiger partial charge on any atom is -0.481 e. The molecule has 2 aliphatic rings. The van der Waals surface area contributed by atoms with Crippen molar-refractivity contribution < 1.29 is 14.6 Å². The van der Waals surface area contributed by atoms with Gasteiger partial charge in [-0.3, -0.25) is 4.79 Å². The second-order valence-corrected chi connectivity index (χ2v) is 5.84. The van der Waals surface area contributed by atoms with Crippen LogP contribution in [-0.4, -0.2) is 23.3 Å². The van der Waals surface area contributed by atoms with Gasteiger partial charge in [0.15, 0.2) is 0 Å². The lowest BCUT2D eigenvalue weighted by atomic mass is 9.86. The molecule has 0 aromatic carbocycles. The Labute approximate surface area is 104 Å². The van der Waals surface area contributed by atoms with Crippen LogP contribution >= 0.6 is 0 Å². The Morgan fingerprint density at radius 2 is 1.76 bits per heavy atom. The molecule has 0 aliphatic heterocycles. The van der Waals surface area contributed by atoms with Crippen LogP contribution in [0.25, 0.3) is 0 Å². The van der Waals surface area contributed by atoms with E-state index in [9.17, 15) is 4.79 Å². The molecule has 0 heterocycles. The van der Waals surface area contributed by atoms with Crippen molar-refractivity contribution in [2.24, 2.45) is 11.8 Å². The van der Waals surface area contributed by atoms with E-state index in [4.69, 9.17) is 9.84 Å². The Bertz CT molecular complexity index is 256. The van der Waals surface area contributed by atoms with Crippen molar-refractivity contribution in [3.63, 3.8) is 0 Å². The van der Waals surface area contributed by atoms with Gasteiger partial charge in [-0.05, 0) is 44.4 Å². The van der Waals surface area contributed by atoms with Crippen LogP contribution in [0.5, 0.6) is 0 Å². The van der Waals surface area contributed by atoms with Gasteiger partial charge in [-0.2, -0.15) is 0 Å². The summed E-state index contributed by atoms with van der Waals surface area (Å²) in [5.74, 6) is 0.0407. The molecule has 98 valence electrons. The highest BCUT2D eigenvalue weighted by atomic mass is 16.5. The molecule has 0 saturated heterocycles. The molecule has 1 N–H and O–H groups in total. The van der Waals surface area contributed by atoms with Crippen LogP contribution in [0.1, 0.15) is 58.3 Å². The summed E-state index contributed by atoms with van der Waals surface area (Å²) in [7, 11) is 0. The van der Waals surface area contributed by atoms with Gasteiger partial charge in [-0.15, -0.1) is 0 Å². The first-order chi connectivity index (χ1) is 8.15. The van der Waals surface area contributed by atoms with Crippen LogP contribution in [0, 0.1) is 11.8 Å². The normalized spacial score (nSPS) is 38.9. The zero-order valence-electron chi connectivity index (χ0n) is 10.7. The van der Waals surface area contributed by atoms with Crippen LogP contribution in [0.2, 0.25) is 0 Å². The summed E-state index contributed by atoms with van der Waals surface area (Å²) in [6.07, 6.45) is 9.23. The van der Waals surface area contributed by atoms with E-state index in [-0.39, 0.29) is 5.92 Å². The SMILES string of the molecule is CC1CCCC(OC2CCC(C(=O)O)CC2)C1. The monoisotopic (exact) mass is 240 g/mol. The summed E-state index contributed by atoms with van der Waals surface area (Å²) >= 11 is 0. The number of hydrogen-bond donors (Lipinski definition) is 1. The standard InChI is InChI=1S/C14H24O3/c1-10-3-2-4-13(9-10)17-12-7-5-11(6-8-12)14(15)16/h10-13H,2-9H2,1H3,(H,15,16). The Kier molecular flexibility index (Phi) is 4.43. The van der Waals surface area contributed by atoms with Gasteiger partial charge in [-0.1, -0.05) is 19.8 Å². The second-order valence-electron chi connectivity index (χ2n) is 5.84. The maximum Gasteiger partial charge on any atom is 0.306 e. The zero-order chi connectivity index (χ0) is 12.3. The Morgan fingerprint density at radius 1 is 1.06 bits per heavy atom. The summed E-state index contributed by atoms with van der Waals surface area (Å²) < 4.78 is 6.14. The fourth-order valence-electron chi connectivity index (χ4n) is 3.22. The molecule has 0 radical (unpaired) electrons. The third kappa shape index (κ3) is 3.70. The van der Waals surface area contributed by atoms with Crippen LogP contribution in [-0.2, 0) is 9.53 Å². The maximum atomic E-state index is 10.9. The number of ether oxygens (including phenoxy) is 1. The smallest absolute Gasteiger partial charge is 0.306 e. The largest absolute Gasteiger partial charge is 0.481 e. The molecule has 0 aromatic heterocycles. The highest BCUT2D eigenvalue weighted by molar-refractivity contribution is 5.70. The zero-order valence-corrected chi connectivity index (χ0v) is 10.7. The van der Waals surface area contributed by atoms with Crippen LogP contribution in [0.3, 0.4) is 0 Å². The van der Waals surface area contributed by atoms with Crippen molar-refractivity contribution in [2.45, 2.75) is 70.5 Å². The highest BCUT2D eigenvalue weighted by Crippen LogP contribution is 2.31. The number of hydrogen-bond acceptors (Lipinski definition) is 2. The molecule has 3 nitrogen and oxygen atoms in total. The van der Waals surface area contributed by atoms with Crippen LogP contribution in [0.15, 0.2) is 0 Å². The second kappa shape index (κ2) is 5.85. The van der Waals surface area contributed by atoms with E-state index >= 15 is 0 Å². The first-order valence-corrected chi connectivity index (χ1v) is 7.03. The van der Waals surface area contributed by atoms with Crippen molar-refractivity contribution in [1.82, 2.24) is 0 Å². The molecule has 2 unspecified atom stereocenters. The number of aliphatic carboxylic acids is 1. The van der Waals surface area contributed by atoms with E-state index < -0.39 is 5.97 Å². The van der Waals surface area contributed by atoms with Gasteiger partial charge in [0.2, 0.25) is 0 Å². The van der Waals surface area contributed by atoms with Crippen molar-refractivity contribution in [3.8, 4) is 0 Å². The molecule has 2 atom stereocenters. The van der Waals surface area contributed by atoms with Gasteiger partial charge < -0.3 is 9.84 Å². The van der Waals surface area contributed by atoms with Crippen molar-refractivity contribution >= 4 is 5.97 Å². The maximum absolute atomic E-state index is 10.9. The molecule has 0 bridgehead atoms. The summed E-state index contributed by atoms with van der Waals surface area (Å²) in [5.41, 5.74) is 0. The third-order valence-corrected chi connectivity index (χ3v) is 4.30. The van der Waals surface area contributed by atoms with E-state index in [0.29, 0.717) is 12.2 Å². The molecule has 0 spiro atoms. The Morgan fingerprint density at radius 3 is 2.35 bits per heavy atom. The molecule has 0 amide bonds. The van der Waals surface area contributed by atoms with Crippen molar-refractivity contribution in [1.29, 1.82) is 0 Å². The van der Waals surface area contributed by atoms with E-state index in [1.807, 2.05) is 0 Å². The lowest BCUT2D eigenvalue weighted by Gasteiger charge is -2.33. The molecule has 3 heteroatoms. The highest BCUT2D eigenvalue weighted by Gasteiger charge is 2.29. The average molecular weight is 240 g/mol. The molecule has 2 saturated carbocycles. The van der Waals surface area contributed by atoms with Crippen molar-refractivity contribution in [3.05, 3.63) is 0 Å². The van der Waals surface area contributed by atoms with Gasteiger partial charge in [0.25, 0.3) is 0 Å². The van der Waals surface area contributed by atoms with Gasteiger partial charge in [0.1, 0.15) is 0 Å². The van der Waals surface area contributed by atoms with Crippen LogP contribution < -0.4 is 0 Å². The van der Waals surface area contributed by atoms with Crippen LogP contribution in [0.4, 0.5) is 0 Å². The quantitative estimate of drug-likeness (QED) is 0.823. The number of carbonyl (C=O) groups is 1. The molecule has 2 aliphatic carbocycles. The summed E-state index contributed by atoms with van der Waals surface area (Å²) in [5, 5.41) is 8.94. The van der Waals surface area contributed by atoms with E-state index in [0.717, 1.165) is 31.6 Å². The minimum absolute atomic E-state index is 0.125. The molecule has 17 heavy (non-hydrogen) atoms. The Hall–Kier alpha value is -0.570. The molecule has 2 rings (SSSR count). The lowest BCUT2D eigenvalue weighted by Crippen LogP contribution is -2.31. The van der Waals surface area contributed by atoms with E-state index in [1.54, 1.807) is 0 Å². The predicted molar refractivity (Wildman–Crippen MR) is 65.9 cm³/mol.